The van der Waals surface area contributed by atoms with Gasteiger partial charge in [-0.25, -0.2) is 4.79 Å². The molecule has 0 amide bonds. The maximum Gasteiger partial charge on any atom is 0.337 e. The summed E-state index contributed by atoms with van der Waals surface area (Å²) in [7, 11) is 1.32. The van der Waals surface area contributed by atoms with E-state index in [1.807, 2.05) is 0 Å². The summed E-state index contributed by atoms with van der Waals surface area (Å²) in [5.74, 6) is -0.447. The van der Waals surface area contributed by atoms with Crippen molar-refractivity contribution in [1.82, 2.24) is 0 Å². The number of nitrogen functional groups attached to an aromatic ring is 1. The number of nitrogens with two attached hydrogens (primary N) is 1. The SMILES string of the molecule is COC(=O)c1cc(N)c(N2CCOCC2)c(Cl)c1. The van der Waals surface area contributed by atoms with Crippen LogP contribution < -0.4 is 10.6 Å². The van der Waals surface area contributed by atoms with Crippen molar-refractivity contribution in [2.24, 2.45) is 0 Å². The van der Waals surface area contributed by atoms with E-state index in [4.69, 9.17) is 22.1 Å². The lowest BCUT2D eigenvalue weighted by atomic mass is 10.1. The molecular formula is C12H15ClN2O3. The predicted octanol–water partition coefficient (Wildman–Crippen LogP) is 1.55. The highest BCUT2D eigenvalue weighted by Gasteiger charge is 2.19. The molecule has 1 aliphatic heterocycles. The predicted molar refractivity (Wildman–Crippen MR) is 70.2 cm³/mol. The van der Waals surface area contributed by atoms with Crippen molar-refractivity contribution in [3.05, 3.63) is 22.7 Å². The van der Waals surface area contributed by atoms with Crippen LogP contribution in [0.5, 0.6) is 0 Å². The summed E-state index contributed by atoms with van der Waals surface area (Å²) in [6, 6.07) is 3.16. The van der Waals surface area contributed by atoms with Crippen LogP contribution in [0, 0.1) is 0 Å². The smallest absolute Gasteiger partial charge is 0.337 e. The monoisotopic (exact) mass is 270 g/mol. The van der Waals surface area contributed by atoms with E-state index in [2.05, 4.69) is 9.64 Å². The van der Waals surface area contributed by atoms with Gasteiger partial charge in [0.1, 0.15) is 0 Å². The Morgan fingerprint density at radius 3 is 2.67 bits per heavy atom. The first-order chi connectivity index (χ1) is 8.63. The van der Waals surface area contributed by atoms with Crippen molar-refractivity contribution in [2.45, 2.75) is 0 Å². The van der Waals surface area contributed by atoms with Crippen LogP contribution in [0.3, 0.4) is 0 Å². The number of morpholine rings is 1. The molecule has 1 saturated heterocycles. The molecule has 5 nitrogen and oxygen atoms in total. The molecule has 0 radical (unpaired) electrons. The number of benzene rings is 1. The van der Waals surface area contributed by atoms with Crippen molar-refractivity contribution in [3.8, 4) is 0 Å². The van der Waals surface area contributed by atoms with Crippen LogP contribution in [0.15, 0.2) is 12.1 Å². The van der Waals surface area contributed by atoms with Gasteiger partial charge in [0.15, 0.2) is 0 Å². The quantitative estimate of drug-likeness (QED) is 0.652. The number of carbonyl (C=O) groups is 1. The van der Waals surface area contributed by atoms with Crippen LogP contribution in [0.2, 0.25) is 5.02 Å². The molecule has 18 heavy (non-hydrogen) atoms. The zero-order valence-electron chi connectivity index (χ0n) is 10.1. The third-order valence-electron chi connectivity index (χ3n) is 2.84. The van der Waals surface area contributed by atoms with Crippen molar-refractivity contribution in [1.29, 1.82) is 0 Å². The largest absolute Gasteiger partial charge is 0.465 e. The van der Waals surface area contributed by atoms with Gasteiger partial charge in [0.2, 0.25) is 0 Å². The number of esters is 1. The average molecular weight is 271 g/mol. The third-order valence-corrected chi connectivity index (χ3v) is 3.13. The molecule has 0 atom stereocenters. The number of carbonyl (C=O) groups excluding carboxylic acids is 1. The van der Waals surface area contributed by atoms with E-state index in [1.165, 1.54) is 7.11 Å². The van der Waals surface area contributed by atoms with Gasteiger partial charge in [0.05, 0.1) is 42.3 Å². The van der Waals surface area contributed by atoms with Crippen LogP contribution in [-0.2, 0) is 9.47 Å². The molecule has 0 saturated carbocycles. The molecule has 0 aliphatic carbocycles. The molecule has 1 aliphatic rings. The van der Waals surface area contributed by atoms with Crippen LogP contribution in [0.25, 0.3) is 0 Å². The Bertz CT molecular complexity index is 436. The summed E-state index contributed by atoms with van der Waals surface area (Å²) in [5.41, 5.74) is 7.56. The van der Waals surface area contributed by atoms with Crippen molar-refractivity contribution in [3.63, 3.8) is 0 Å². The molecule has 1 fully saturated rings. The lowest BCUT2D eigenvalue weighted by Crippen LogP contribution is -2.36. The second-order valence-electron chi connectivity index (χ2n) is 3.99. The minimum atomic E-state index is -0.447. The Hall–Kier alpha value is -1.46. The van der Waals surface area contributed by atoms with E-state index in [0.29, 0.717) is 29.5 Å². The van der Waals surface area contributed by atoms with Gasteiger partial charge in [-0.15, -0.1) is 0 Å². The summed E-state index contributed by atoms with van der Waals surface area (Å²) in [5, 5.41) is 0.456. The van der Waals surface area contributed by atoms with Crippen LogP contribution in [0.4, 0.5) is 11.4 Å². The number of rotatable bonds is 2. The Balaban J connectivity index is 2.34. The summed E-state index contributed by atoms with van der Waals surface area (Å²) < 4.78 is 9.93. The molecule has 0 aromatic heterocycles. The van der Waals surface area contributed by atoms with E-state index in [-0.39, 0.29) is 0 Å². The topological polar surface area (TPSA) is 64.8 Å². The Morgan fingerprint density at radius 2 is 2.11 bits per heavy atom. The maximum absolute atomic E-state index is 11.4. The Kier molecular flexibility index (Phi) is 3.93. The number of ether oxygens (including phenoxy) is 2. The van der Waals surface area contributed by atoms with E-state index >= 15 is 0 Å². The van der Waals surface area contributed by atoms with Gasteiger partial charge < -0.3 is 20.1 Å². The van der Waals surface area contributed by atoms with Crippen LogP contribution >= 0.6 is 11.6 Å². The van der Waals surface area contributed by atoms with E-state index in [9.17, 15) is 4.79 Å². The maximum atomic E-state index is 11.4. The molecule has 1 aromatic carbocycles. The van der Waals surface area contributed by atoms with Crippen molar-refractivity contribution >= 4 is 28.9 Å². The van der Waals surface area contributed by atoms with E-state index < -0.39 is 5.97 Å². The minimum absolute atomic E-state index is 0.358. The summed E-state index contributed by atoms with van der Waals surface area (Å²) >= 11 is 6.20. The first-order valence-corrected chi connectivity index (χ1v) is 6.01. The molecule has 2 N–H and O–H groups in total. The molecule has 1 heterocycles. The summed E-state index contributed by atoms with van der Waals surface area (Å²) in [6.45, 7) is 2.77. The van der Waals surface area contributed by atoms with Crippen molar-refractivity contribution < 1.29 is 14.3 Å². The standard InChI is InChI=1S/C12H15ClN2O3/c1-17-12(16)8-6-9(13)11(10(14)7-8)15-2-4-18-5-3-15/h6-7H,2-5,14H2,1H3. The first kappa shape index (κ1) is 13.0. The highest BCUT2D eigenvalue weighted by Crippen LogP contribution is 2.34. The lowest BCUT2D eigenvalue weighted by molar-refractivity contribution is 0.0601. The number of anilines is 2. The number of halogens is 1. The minimum Gasteiger partial charge on any atom is -0.465 e. The van der Waals surface area contributed by atoms with E-state index in [0.717, 1.165) is 18.8 Å². The highest BCUT2D eigenvalue weighted by atomic mass is 35.5. The molecular weight excluding hydrogens is 256 g/mol. The molecule has 1 aromatic rings. The van der Waals surface area contributed by atoms with Gasteiger partial charge in [-0.05, 0) is 12.1 Å². The second kappa shape index (κ2) is 5.46. The van der Waals surface area contributed by atoms with E-state index in [1.54, 1.807) is 12.1 Å². The van der Waals surface area contributed by atoms with Crippen LogP contribution in [0.1, 0.15) is 10.4 Å². The summed E-state index contributed by atoms with van der Waals surface area (Å²) in [4.78, 5) is 13.5. The number of hydrogen-bond donors (Lipinski definition) is 1. The lowest BCUT2D eigenvalue weighted by Gasteiger charge is -2.30. The zero-order valence-corrected chi connectivity index (χ0v) is 10.9. The fourth-order valence-corrected chi connectivity index (χ4v) is 2.32. The molecule has 0 bridgehead atoms. The number of hydrogen-bond acceptors (Lipinski definition) is 5. The fraction of sp³-hybridized carbons (Fsp3) is 0.417. The molecule has 0 unspecified atom stereocenters. The van der Waals surface area contributed by atoms with Gasteiger partial charge in [-0.1, -0.05) is 11.6 Å². The third kappa shape index (κ3) is 2.52. The van der Waals surface area contributed by atoms with Crippen LogP contribution in [-0.4, -0.2) is 39.4 Å². The normalized spacial score (nSPS) is 15.6. The highest BCUT2D eigenvalue weighted by molar-refractivity contribution is 6.34. The molecule has 2 rings (SSSR count). The van der Waals surface area contributed by atoms with Crippen molar-refractivity contribution in [2.75, 3.05) is 44.0 Å². The summed E-state index contributed by atoms with van der Waals surface area (Å²) in [6.07, 6.45) is 0. The fourth-order valence-electron chi connectivity index (χ4n) is 1.98. The Morgan fingerprint density at radius 1 is 1.44 bits per heavy atom. The molecule has 0 spiro atoms. The molecule has 6 heteroatoms. The number of methoxy groups -OCH3 is 1. The number of nitrogens with zero attached hydrogens (tertiary/aromatic N) is 1. The average Bonchev–Trinajstić information content (AvgIpc) is 2.38. The zero-order chi connectivity index (χ0) is 13.1. The van der Waals surface area contributed by atoms with Gasteiger partial charge in [-0.2, -0.15) is 0 Å². The van der Waals surface area contributed by atoms with Gasteiger partial charge in [0, 0.05) is 13.1 Å². The molecule has 98 valence electrons. The van der Waals surface area contributed by atoms with Gasteiger partial charge in [0.25, 0.3) is 0 Å². The first-order valence-electron chi connectivity index (χ1n) is 5.63. The second-order valence-corrected chi connectivity index (χ2v) is 4.39. The van der Waals surface area contributed by atoms with Gasteiger partial charge >= 0.3 is 5.97 Å². The van der Waals surface area contributed by atoms with Gasteiger partial charge in [-0.3, -0.25) is 0 Å². The Labute approximate surface area is 110 Å².